The smallest absolute Gasteiger partial charge is 0.273 e. The van der Waals surface area contributed by atoms with E-state index in [1.54, 1.807) is 17.2 Å². The maximum atomic E-state index is 12.2. The zero-order valence-corrected chi connectivity index (χ0v) is 11.5. The fourth-order valence-electron chi connectivity index (χ4n) is 2.15. The van der Waals surface area contributed by atoms with Crippen molar-refractivity contribution in [2.45, 2.75) is 38.3 Å². The minimum absolute atomic E-state index is 0.113. The summed E-state index contributed by atoms with van der Waals surface area (Å²) >= 11 is 1.40. The van der Waals surface area contributed by atoms with Gasteiger partial charge in [-0.25, -0.2) is 4.98 Å². The molecule has 2 atom stereocenters. The van der Waals surface area contributed by atoms with E-state index >= 15 is 0 Å². The highest BCUT2D eigenvalue weighted by Crippen LogP contribution is 2.23. The van der Waals surface area contributed by atoms with Crippen LogP contribution in [-0.2, 0) is 0 Å². The molecule has 0 bridgehead atoms. The lowest BCUT2D eigenvalue weighted by Gasteiger charge is -2.36. The van der Waals surface area contributed by atoms with Crippen LogP contribution in [0.15, 0.2) is 5.38 Å². The van der Waals surface area contributed by atoms with Gasteiger partial charge in [0.1, 0.15) is 10.7 Å². The number of likely N-dealkylation sites (tertiary alicyclic amines) is 1. The van der Waals surface area contributed by atoms with Crippen molar-refractivity contribution in [3.63, 3.8) is 0 Å². The van der Waals surface area contributed by atoms with Crippen molar-refractivity contribution in [3.8, 4) is 0 Å². The van der Waals surface area contributed by atoms with E-state index in [9.17, 15) is 9.90 Å². The molecule has 1 fully saturated rings. The molecule has 1 aliphatic heterocycles. The number of piperidine rings is 1. The Balaban J connectivity index is 2.10. The Kier molecular flexibility index (Phi) is 3.70. The Hall–Kier alpha value is -0.980. The van der Waals surface area contributed by atoms with Gasteiger partial charge in [-0.2, -0.15) is 0 Å². The number of aliphatic hydroxyl groups is 1. The first kappa shape index (κ1) is 13.5. The third-order valence-electron chi connectivity index (χ3n) is 3.09. The molecule has 1 aromatic heterocycles. The molecule has 3 N–H and O–H groups in total. The molecule has 1 aliphatic rings. The third-order valence-corrected chi connectivity index (χ3v) is 4.14. The topological polar surface area (TPSA) is 79.5 Å². The van der Waals surface area contributed by atoms with Gasteiger partial charge in [-0.05, 0) is 26.7 Å². The van der Waals surface area contributed by atoms with E-state index in [4.69, 9.17) is 5.73 Å². The summed E-state index contributed by atoms with van der Waals surface area (Å²) in [5, 5.41) is 12.5. The van der Waals surface area contributed by atoms with Crippen molar-refractivity contribution in [1.29, 1.82) is 0 Å². The summed E-state index contributed by atoms with van der Waals surface area (Å²) in [7, 11) is 0. The number of rotatable bonds is 2. The van der Waals surface area contributed by atoms with E-state index in [1.807, 2.05) is 6.92 Å². The number of nitrogens with two attached hydrogens (primary N) is 1. The average Bonchev–Trinajstić information content (AvgIpc) is 2.76. The second-order valence-corrected chi connectivity index (χ2v) is 6.08. The summed E-state index contributed by atoms with van der Waals surface area (Å²) in [6.07, 6.45) is 1.56. The van der Waals surface area contributed by atoms with Crippen molar-refractivity contribution in [1.82, 2.24) is 9.88 Å². The number of β-amino-alcohol motifs (C(OH)–C–C–N with tert-alkyl or cyclic N) is 1. The lowest BCUT2D eigenvalue weighted by atomic mass is 9.95. The standard InChI is InChI=1S/C12H19N3O2S/c1-8(13)10-14-9(6-18-10)11(16)15-5-3-4-12(2,17)7-15/h6,8,17H,3-5,7,13H2,1-2H3. The fourth-order valence-corrected chi connectivity index (χ4v) is 2.90. The molecule has 1 saturated heterocycles. The van der Waals surface area contributed by atoms with Crippen molar-refractivity contribution in [2.24, 2.45) is 5.73 Å². The molecule has 1 aromatic rings. The van der Waals surface area contributed by atoms with Crippen LogP contribution in [0.2, 0.25) is 0 Å². The summed E-state index contributed by atoms with van der Waals surface area (Å²) in [6, 6.07) is -0.152. The lowest BCUT2D eigenvalue weighted by Crippen LogP contribution is -2.48. The molecule has 0 spiro atoms. The van der Waals surface area contributed by atoms with Crippen LogP contribution in [0.5, 0.6) is 0 Å². The minimum Gasteiger partial charge on any atom is -0.388 e. The van der Waals surface area contributed by atoms with Gasteiger partial charge in [0.25, 0.3) is 5.91 Å². The third kappa shape index (κ3) is 2.88. The van der Waals surface area contributed by atoms with Crippen molar-refractivity contribution >= 4 is 17.2 Å². The summed E-state index contributed by atoms with van der Waals surface area (Å²) in [5.41, 5.74) is 5.38. The SMILES string of the molecule is CC(N)c1nc(C(=O)N2CCCC(C)(O)C2)cs1. The van der Waals surface area contributed by atoms with Crippen LogP contribution >= 0.6 is 11.3 Å². The number of carbonyl (C=O) groups is 1. The molecule has 2 rings (SSSR count). The first-order chi connectivity index (χ1) is 8.39. The van der Waals surface area contributed by atoms with Crippen LogP contribution in [0.4, 0.5) is 0 Å². The molecule has 0 aliphatic carbocycles. The van der Waals surface area contributed by atoms with Crippen LogP contribution in [0.3, 0.4) is 0 Å². The van der Waals surface area contributed by atoms with Crippen LogP contribution in [-0.4, -0.2) is 39.6 Å². The Morgan fingerprint density at radius 2 is 2.44 bits per heavy atom. The molecule has 0 saturated carbocycles. The second kappa shape index (κ2) is 4.95. The maximum absolute atomic E-state index is 12.2. The molecule has 2 unspecified atom stereocenters. The predicted octanol–water partition coefficient (Wildman–Crippen LogP) is 1.15. The first-order valence-electron chi connectivity index (χ1n) is 6.12. The van der Waals surface area contributed by atoms with E-state index in [1.165, 1.54) is 11.3 Å². The summed E-state index contributed by atoms with van der Waals surface area (Å²) < 4.78 is 0. The highest BCUT2D eigenvalue weighted by Gasteiger charge is 2.32. The Labute approximate surface area is 111 Å². The van der Waals surface area contributed by atoms with Crippen molar-refractivity contribution in [2.75, 3.05) is 13.1 Å². The number of amides is 1. The van der Waals surface area contributed by atoms with Gasteiger partial charge < -0.3 is 15.7 Å². The van der Waals surface area contributed by atoms with E-state index in [-0.39, 0.29) is 11.9 Å². The highest BCUT2D eigenvalue weighted by molar-refractivity contribution is 7.09. The van der Waals surface area contributed by atoms with Gasteiger partial charge in [-0.15, -0.1) is 11.3 Å². The van der Waals surface area contributed by atoms with Crippen LogP contribution in [0, 0.1) is 0 Å². The molecular weight excluding hydrogens is 250 g/mol. The predicted molar refractivity (Wildman–Crippen MR) is 70.5 cm³/mol. The molecular formula is C12H19N3O2S. The summed E-state index contributed by atoms with van der Waals surface area (Å²) in [6.45, 7) is 4.66. The lowest BCUT2D eigenvalue weighted by molar-refractivity contribution is -0.0109. The van der Waals surface area contributed by atoms with Gasteiger partial charge in [-0.3, -0.25) is 4.79 Å². The summed E-state index contributed by atoms with van der Waals surface area (Å²) in [5.74, 6) is -0.113. The molecule has 6 heteroatoms. The van der Waals surface area contributed by atoms with Crippen molar-refractivity contribution < 1.29 is 9.90 Å². The Bertz CT molecular complexity index is 442. The van der Waals surface area contributed by atoms with Gasteiger partial charge in [0.05, 0.1) is 11.6 Å². The quantitative estimate of drug-likeness (QED) is 0.844. The van der Waals surface area contributed by atoms with Crippen LogP contribution in [0.25, 0.3) is 0 Å². The van der Waals surface area contributed by atoms with Gasteiger partial charge in [0.2, 0.25) is 0 Å². The van der Waals surface area contributed by atoms with E-state index in [0.717, 1.165) is 17.8 Å². The molecule has 5 nitrogen and oxygen atoms in total. The number of nitrogens with zero attached hydrogens (tertiary/aromatic N) is 2. The molecule has 0 radical (unpaired) electrons. The molecule has 1 amide bonds. The second-order valence-electron chi connectivity index (χ2n) is 5.19. The van der Waals surface area contributed by atoms with Crippen LogP contribution < -0.4 is 5.73 Å². The molecule has 0 aromatic carbocycles. The normalized spacial score (nSPS) is 26.1. The van der Waals surface area contributed by atoms with Gasteiger partial charge in [0.15, 0.2) is 0 Å². The maximum Gasteiger partial charge on any atom is 0.273 e. The zero-order valence-electron chi connectivity index (χ0n) is 10.7. The van der Waals surface area contributed by atoms with Crippen LogP contribution in [0.1, 0.15) is 48.2 Å². The molecule has 2 heterocycles. The van der Waals surface area contributed by atoms with Gasteiger partial charge in [0, 0.05) is 18.5 Å². The van der Waals surface area contributed by atoms with E-state index in [0.29, 0.717) is 18.8 Å². The minimum atomic E-state index is -0.784. The zero-order chi connectivity index (χ0) is 13.3. The number of carbonyl (C=O) groups excluding carboxylic acids is 1. The van der Waals surface area contributed by atoms with Gasteiger partial charge >= 0.3 is 0 Å². The Morgan fingerprint density at radius 1 is 1.72 bits per heavy atom. The molecule has 100 valence electrons. The highest BCUT2D eigenvalue weighted by atomic mass is 32.1. The summed E-state index contributed by atoms with van der Waals surface area (Å²) in [4.78, 5) is 18.2. The number of hydrogen-bond acceptors (Lipinski definition) is 5. The average molecular weight is 269 g/mol. The van der Waals surface area contributed by atoms with Crippen molar-refractivity contribution in [3.05, 3.63) is 16.1 Å². The largest absolute Gasteiger partial charge is 0.388 e. The first-order valence-corrected chi connectivity index (χ1v) is 7.00. The van der Waals surface area contributed by atoms with E-state index in [2.05, 4.69) is 4.98 Å². The monoisotopic (exact) mass is 269 g/mol. The number of thiazole rings is 1. The van der Waals surface area contributed by atoms with E-state index < -0.39 is 5.60 Å². The fraction of sp³-hybridized carbons (Fsp3) is 0.667. The Morgan fingerprint density at radius 3 is 3.00 bits per heavy atom. The molecule has 18 heavy (non-hydrogen) atoms. The number of aromatic nitrogens is 1. The van der Waals surface area contributed by atoms with Gasteiger partial charge in [-0.1, -0.05) is 0 Å². The number of hydrogen-bond donors (Lipinski definition) is 2.